The van der Waals surface area contributed by atoms with Crippen molar-refractivity contribution < 1.29 is 19.1 Å². The molecule has 0 saturated heterocycles. The molecule has 0 atom stereocenters. The van der Waals surface area contributed by atoms with Crippen molar-refractivity contribution in [1.29, 1.82) is 0 Å². The largest absolute Gasteiger partial charge is 0.325 e. The summed E-state index contributed by atoms with van der Waals surface area (Å²) in [5.74, 6) is 0.204. The van der Waals surface area contributed by atoms with Crippen LogP contribution in [0.2, 0.25) is 0 Å². The molecule has 0 aliphatic rings. The van der Waals surface area contributed by atoms with Crippen molar-refractivity contribution in [3.63, 3.8) is 0 Å². The highest BCUT2D eigenvalue weighted by Crippen LogP contribution is 2.26. The Labute approximate surface area is 60.4 Å². The third-order valence-electron chi connectivity index (χ3n) is 0.272. The third kappa shape index (κ3) is 110. The summed E-state index contributed by atoms with van der Waals surface area (Å²) < 4.78 is 9.33. The van der Waals surface area contributed by atoms with Crippen molar-refractivity contribution in [2.24, 2.45) is 5.92 Å². The number of carbonyl (C=O) groups is 1. The van der Waals surface area contributed by atoms with Crippen molar-refractivity contribution >= 4 is 13.9 Å². The van der Waals surface area contributed by atoms with Crippen LogP contribution in [0.1, 0.15) is 13.8 Å². The number of hydrogen-bond acceptors (Lipinski definition) is 2. The van der Waals surface area contributed by atoms with Gasteiger partial charge in [0.2, 0.25) is 0 Å². The summed E-state index contributed by atoms with van der Waals surface area (Å²) in [6.45, 7) is 4.56. The number of rotatable bonds is 1. The van der Waals surface area contributed by atoms with Crippen molar-refractivity contribution in [1.82, 2.24) is 0 Å². The maximum absolute atomic E-state index is 9.50. The van der Waals surface area contributed by atoms with Crippen molar-refractivity contribution in [2.75, 3.05) is 6.66 Å². The molecule has 0 aliphatic carbocycles. The molecule has 0 unspecified atom stereocenters. The predicted octanol–water partition coefficient (Wildman–Crippen LogP) is 0.635. The van der Waals surface area contributed by atoms with E-state index >= 15 is 0 Å². The van der Waals surface area contributed by atoms with Gasteiger partial charge in [0, 0.05) is 12.6 Å². The molecule has 0 aromatic rings. The van der Waals surface area contributed by atoms with E-state index < -0.39 is 7.60 Å². The minimum atomic E-state index is -3.64. The van der Waals surface area contributed by atoms with E-state index in [1.54, 1.807) is 0 Å². The zero-order valence-corrected chi connectivity index (χ0v) is 7.21. The van der Waals surface area contributed by atoms with Gasteiger partial charge in [-0.25, -0.2) is 0 Å². The molecule has 0 rings (SSSR count). The van der Waals surface area contributed by atoms with Gasteiger partial charge in [0.15, 0.2) is 0 Å². The number of hydrogen-bond donors (Lipinski definition) is 2. The second-order valence-electron chi connectivity index (χ2n) is 2.22. The van der Waals surface area contributed by atoms with Gasteiger partial charge >= 0.3 is 7.60 Å². The van der Waals surface area contributed by atoms with Crippen LogP contribution in [-0.2, 0) is 9.36 Å². The van der Waals surface area contributed by atoms with Gasteiger partial charge in [0.05, 0.1) is 0 Å². The van der Waals surface area contributed by atoms with Crippen LogP contribution in [0.3, 0.4) is 0 Å². The van der Waals surface area contributed by atoms with E-state index in [2.05, 4.69) is 0 Å². The first kappa shape index (κ1) is 12.5. The van der Waals surface area contributed by atoms with Crippen LogP contribution < -0.4 is 0 Å². The molecule has 4 nitrogen and oxygen atoms in total. The molecule has 10 heavy (non-hydrogen) atoms. The summed E-state index contributed by atoms with van der Waals surface area (Å²) in [6.07, 6.45) is 0.917. The summed E-state index contributed by atoms with van der Waals surface area (Å²) in [5, 5.41) is 0. The molecule has 0 amide bonds. The molecule has 0 aromatic heterocycles. The lowest BCUT2D eigenvalue weighted by molar-refractivity contribution is -0.110. The van der Waals surface area contributed by atoms with E-state index in [0.29, 0.717) is 0 Å². The molecule has 0 saturated carbocycles. The molecule has 0 radical (unpaired) electrons. The fourth-order valence-electron chi connectivity index (χ4n) is 0. The fourth-order valence-corrected chi connectivity index (χ4v) is 0. The number of carbonyl (C=O) groups excluding carboxylic acids is 1. The maximum Gasteiger partial charge on any atom is 0.322 e. The van der Waals surface area contributed by atoms with Gasteiger partial charge in [-0.05, 0) is 0 Å². The molecule has 2 N–H and O–H groups in total. The van der Waals surface area contributed by atoms with E-state index in [9.17, 15) is 9.36 Å². The van der Waals surface area contributed by atoms with E-state index in [4.69, 9.17) is 9.79 Å². The molecule has 0 aliphatic heterocycles. The fraction of sp³-hybridized carbons (Fsp3) is 0.800. The van der Waals surface area contributed by atoms with Crippen molar-refractivity contribution in [3.05, 3.63) is 0 Å². The summed E-state index contributed by atoms with van der Waals surface area (Å²) >= 11 is 0. The van der Waals surface area contributed by atoms with Gasteiger partial charge < -0.3 is 14.6 Å². The molecule has 5 heteroatoms. The normalized spacial score (nSPS) is 10.2. The Morgan fingerprint density at radius 1 is 1.40 bits per heavy atom. The highest BCUT2D eigenvalue weighted by Gasteiger charge is 1.95. The standard InChI is InChI=1S/C4H8O.CH5O3P/c1-4(2)3-5;1-5(2,3)4/h3-4H,1-2H3;1H3,(H2,2,3,4). The topological polar surface area (TPSA) is 74.6 Å². The van der Waals surface area contributed by atoms with Crippen molar-refractivity contribution in [2.45, 2.75) is 13.8 Å². The minimum absolute atomic E-state index is 0.204. The van der Waals surface area contributed by atoms with Crippen LogP contribution in [0.15, 0.2) is 0 Å². The van der Waals surface area contributed by atoms with E-state index in [0.717, 1.165) is 13.0 Å². The van der Waals surface area contributed by atoms with Gasteiger partial charge in [0.1, 0.15) is 6.29 Å². The molecule has 0 spiro atoms. The highest BCUT2D eigenvalue weighted by molar-refractivity contribution is 7.50. The molecular formula is C5H13O4P. The molecule has 62 valence electrons. The lowest BCUT2D eigenvalue weighted by atomic mass is 10.3. The van der Waals surface area contributed by atoms with Crippen LogP contribution >= 0.6 is 7.60 Å². The van der Waals surface area contributed by atoms with E-state index in [-0.39, 0.29) is 5.92 Å². The van der Waals surface area contributed by atoms with Crippen LogP contribution in [-0.4, -0.2) is 22.7 Å². The average Bonchev–Trinajstić information content (AvgIpc) is 1.61. The quantitative estimate of drug-likeness (QED) is 0.445. The average molecular weight is 168 g/mol. The summed E-state index contributed by atoms with van der Waals surface area (Å²) in [4.78, 5) is 24.8. The van der Waals surface area contributed by atoms with Gasteiger partial charge in [-0.15, -0.1) is 0 Å². The van der Waals surface area contributed by atoms with Crippen LogP contribution in [0.5, 0.6) is 0 Å². The summed E-state index contributed by atoms with van der Waals surface area (Å²) in [7, 11) is -3.64. The van der Waals surface area contributed by atoms with Crippen LogP contribution in [0.25, 0.3) is 0 Å². The van der Waals surface area contributed by atoms with E-state index in [1.807, 2.05) is 13.8 Å². The number of aldehydes is 1. The van der Waals surface area contributed by atoms with Gasteiger partial charge in [-0.3, -0.25) is 4.57 Å². The Hall–Kier alpha value is -0.180. The van der Waals surface area contributed by atoms with Crippen LogP contribution in [0, 0.1) is 5.92 Å². The van der Waals surface area contributed by atoms with Gasteiger partial charge in [-0.1, -0.05) is 13.8 Å². The monoisotopic (exact) mass is 168 g/mol. The zero-order valence-electron chi connectivity index (χ0n) is 6.31. The lowest BCUT2D eigenvalue weighted by Crippen LogP contribution is -1.82. The Morgan fingerprint density at radius 2 is 1.50 bits per heavy atom. The SMILES string of the molecule is CC(C)C=O.CP(=O)(O)O. The highest BCUT2D eigenvalue weighted by atomic mass is 31.2. The summed E-state index contributed by atoms with van der Waals surface area (Å²) in [5.41, 5.74) is 0. The minimum Gasteiger partial charge on any atom is -0.325 e. The first-order chi connectivity index (χ1) is 4.27. The van der Waals surface area contributed by atoms with E-state index in [1.165, 1.54) is 0 Å². The second kappa shape index (κ2) is 5.59. The summed E-state index contributed by atoms with van der Waals surface area (Å²) in [6, 6.07) is 0. The lowest BCUT2D eigenvalue weighted by Gasteiger charge is -1.84. The molecular weight excluding hydrogens is 155 g/mol. The molecule has 0 aromatic carbocycles. The van der Waals surface area contributed by atoms with Gasteiger partial charge in [-0.2, -0.15) is 0 Å². The third-order valence-corrected chi connectivity index (χ3v) is 0.272. The first-order valence-electron chi connectivity index (χ1n) is 2.75. The Kier molecular flexibility index (Phi) is 6.99. The zero-order chi connectivity index (χ0) is 8.78. The second-order valence-corrected chi connectivity index (χ2v) is 3.89. The molecule has 0 fully saturated rings. The van der Waals surface area contributed by atoms with Crippen LogP contribution in [0.4, 0.5) is 0 Å². The predicted molar refractivity (Wildman–Crippen MR) is 38.9 cm³/mol. The Balaban J connectivity index is 0. The van der Waals surface area contributed by atoms with Crippen molar-refractivity contribution in [3.8, 4) is 0 Å². The molecule has 0 heterocycles. The molecule has 0 bridgehead atoms. The van der Waals surface area contributed by atoms with Gasteiger partial charge in [0.25, 0.3) is 0 Å². The Morgan fingerprint density at radius 3 is 1.50 bits per heavy atom. The maximum atomic E-state index is 9.50. The Bertz CT molecular complexity index is 117. The smallest absolute Gasteiger partial charge is 0.322 e. The first-order valence-corrected chi connectivity index (χ1v) is 4.81.